The second-order valence-corrected chi connectivity index (χ2v) is 8.33. The second kappa shape index (κ2) is 6.71. The van der Waals surface area contributed by atoms with Crippen LogP contribution in [0.25, 0.3) is 10.9 Å². The zero-order chi connectivity index (χ0) is 19.3. The maximum atomic E-state index is 10.3. The normalized spacial score (nSPS) is 23.1. The third kappa shape index (κ3) is 2.89. The predicted molar refractivity (Wildman–Crippen MR) is 111 cm³/mol. The first-order chi connectivity index (χ1) is 13.6. The van der Waals surface area contributed by atoms with E-state index in [-0.39, 0.29) is 17.6 Å². The minimum atomic E-state index is -0.266. The average molecular weight is 374 g/mol. The van der Waals surface area contributed by atoms with E-state index in [0.717, 1.165) is 37.9 Å². The Kier molecular flexibility index (Phi) is 4.17. The van der Waals surface area contributed by atoms with Crippen LogP contribution in [0.5, 0.6) is 5.75 Å². The number of likely N-dealkylation sites (tertiary alicyclic amines) is 1. The molecule has 28 heavy (non-hydrogen) atoms. The average Bonchev–Trinajstić information content (AvgIpc) is 3.03. The molecule has 2 aliphatic rings. The highest BCUT2D eigenvalue weighted by molar-refractivity contribution is 5.84. The zero-order valence-electron chi connectivity index (χ0n) is 15.9. The van der Waals surface area contributed by atoms with E-state index in [2.05, 4.69) is 40.7 Å². The summed E-state index contributed by atoms with van der Waals surface area (Å²) in [4.78, 5) is 5.97. The molecule has 3 N–H and O–H groups in total. The first kappa shape index (κ1) is 17.4. The van der Waals surface area contributed by atoms with Crippen molar-refractivity contribution in [3.63, 3.8) is 0 Å². The molecule has 0 bridgehead atoms. The molecule has 3 atom stereocenters. The number of nitrogens with one attached hydrogen (secondary N) is 1. The molecule has 2 aromatic carbocycles. The quantitative estimate of drug-likeness (QED) is 0.581. The maximum Gasteiger partial charge on any atom is 0.115 e. The molecule has 4 heteroatoms. The molecule has 4 nitrogen and oxygen atoms in total. The van der Waals surface area contributed by atoms with Crippen molar-refractivity contribution in [2.75, 3.05) is 13.1 Å². The van der Waals surface area contributed by atoms with Gasteiger partial charge in [0, 0.05) is 23.1 Å². The van der Waals surface area contributed by atoms with Crippen LogP contribution < -0.4 is 0 Å². The number of H-pyrrole nitrogens is 1. The summed E-state index contributed by atoms with van der Waals surface area (Å²) in [6.45, 7) is 5.70. The van der Waals surface area contributed by atoms with E-state index in [1.54, 1.807) is 12.1 Å². The number of rotatable bonds is 3. The fourth-order valence-electron chi connectivity index (χ4n) is 5.34. The Morgan fingerprint density at radius 2 is 1.96 bits per heavy atom. The predicted octanol–water partition coefficient (Wildman–Crippen LogP) is 4.72. The molecule has 144 valence electrons. The number of fused-ring (bicyclic) bond motifs is 4. The fourth-order valence-corrected chi connectivity index (χ4v) is 5.34. The maximum absolute atomic E-state index is 10.3. The van der Waals surface area contributed by atoms with Crippen molar-refractivity contribution in [2.24, 2.45) is 11.8 Å². The summed E-state index contributed by atoms with van der Waals surface area (Å²) in [5.74, 6) is 1.61. The van der Waals surface area contributed by atoms with Gasteiger partial charge in [-0.1, -0.05) is 36.9 Å². The third-order valence-electron chi connectivity index (χ3n) is 6.62. The molecular weight excluding hydrogens is 348 g/mol. The van der Waals surface area contributed by atoms with Gasteiger partial charge in [0.25, 0.3) is 0 Å². The Hall–Kier alpha value is -2.72. The lowest BCUT2D eigenvalue weighted by Crippen LogP contribution is -2.45. The molecule has 2 heterocycles. The molecule has 0 spiro atoms. The van der Waals surface area contributed by atoms with Gasteiger partial charge in [-0.3, -0.25) is 4.90 Å². The van der Waals surface area contributed by atoms with Crippen molar-refractivity contribution in [3.8, 4) is 5.75 Å². The molecule has 0 radical (unpaired) electrons. The van der Waals surface area contributed by atoms with Gasteiger partial charge >= 0.3 is 0 Å². The number of aromatic nitrogens is 1. The van der Waals surface area contributed by atoms with Gasteiger partial charge in [-0.25, -0.2) is 0 Å². The van der Waals surface area contributed by atoms with Gasteiger partial charge in [-0.15, -0.1) is 0 Å². The van der Waals surface area contributed by atoms with Crippen molar-refractivity contribution in [1.29, 1.82) is 0 Å². The molecule has 3 unspecified atom stereocenters. The standard InChI is InChI=1S/C24H26N2O2/c1-15(27)24(17-5-4-6-19(28)11-17)26-10-9-16-13-23-21(12-18(16)14-26)20-7-2-3-8-22(20)25-23/h2-8,11,16,18,24-25,27-28H,1,9-10,12-14H2. The van der Waals surface area contributed by atoms with Gasteiger partial charge in [0.2, 0.25) is 0 Å². The summed E-state index contributed by atoms with van der Waals surface area (Å²) in [7, 11) is 0. The van der Waals surface area contributed by atoms with Crippen LogP contribution in [0.15, 0.2) is 60.9 Å². The summed E-state index contributed by atoms with van der Waals surface area (Å²) >= 11 is 0. The molecule has 1 aromatic heterocycles. The van der Waals surface area contributed by atoms with Crippen molar-refractivity contribution < 1.29 is 10.2 Å². The minimum absolute atomic E-state index is 0.146. The second-order valence-electron chi connectivity index (χ2n) is 8.33. The molecule has 1 aliphatic heterocycles. The Labute approximate surface area is 165 Å². The van der Waals surface area contributed by atoms with E-state index >= 15 is 0 Å². The topological polar surface area (TPSA) is 59.5 Å². The van der Waals surface area contributed by atoms with Gasteiger partial charge in [-0.05, 0) is 67.0 Å². The minimum Gasteiger partial charge on any atom is -0.511 e. The van der Waals surface area contributed by atoms with Crippen LogP contribution in [0.3, 0.4) is 0 Å². The van der Waals surface area contributed by atoms with E-state index in [1.807, 2.05) is 12.1 Å². The van der Waals surface area contributed by atoms with Gasteiger partial charge in [0.05, 0.1) is 6.04 Å². The molecule has 0 saturated carbocycles. The number of benzene rings is 2. The molecule has 1 saturated heterocycles. The Bertz CT molecular complexity index is 1040. The van der Waals surface area contributed by atoms with Crippen molar-refractivity contribution in [2.45, 2.75) is 25.3 Å². The van der Waals surface area contributed by atoms with Gasteiger partial charge < -0.3 is 15.2 Å². The molecule has 1 aliphatic carbocycles. The largest absolute Gasteiger partial charge is 0.511 e. The number of aliphatic hydroxyl groups excluding tert-OH is 1. The summed E-state index contributed by atoms with van der Waals surface area (Å²) in [6.07, 6.45) is 3.30. The van der Waals surface area contributed by atoms with Crippen LogP contribution in [-0.4, -0.2) is 33.2 Å². The fraction of sp³-hybridized carbons (Fsp3) is 0.333. The number of aromatic amines is 1. The van der Waals surface area contributed by atoms with Crippen LogP contribution in [0.1, 0.15) is 29.3 Å². The van der Waals surface area contributed by atoms with Crippen LogP contribution >= 0.6 is 0 Å². The summed E-state index contributed by atoms with van der Waals surface area (Å²) in [6, 6.07) is 15.5. The van der Waals surface area contributed by atoms with Gasteiger partial charge in [0.1, 0.15) is 11.5 Å². The SMILES string of the molecule is C=C(O)C(c1cccc(O)c1)N1CCC2Cc3[nH]c4ccccc4c3CC2C1. The summed E-state index contributed by atoms with van der Waals surface area (Å²) in [5.41, 5.74) is 5.02. The van der Waals surface area contributed by atoms with E-state index < -0.39 is 0 Å². The first-order valence-electron chi connectivity index (χ1n) is 10.1. The number of aliphatic hydroxyl groups is 1. The molecule has 3 aromatic rings. The van der Waals surface area contributed by atoms with Crippen LogP contribution in [0, 0.1) is 11.8 Å². The monoisotopic (exact) mass is 374 g/mol. The molecule has 1 fully saturated rings. The number of piperidine rings is 1. The molecular formula is C24H26N2O2. The number of aromatic hydroxyl groups is 1. The van der Waals surface area contributed by atoms with E-state index in [9.17, 15) is 10.2 Å². The van der Waals surface area contributed by atoms with Crippen LogP contribution in [-0.2, 0) is 12.8 Å². The lowest BCUT2D eigenvalue weighted by molar-refractivity contribution is 0.0716. The van der Waals surface area contributed by atoms with Gasteiger partial charge in [0.15, 0.2) is 0 Å². The number of hydrogen-bond donors (Lipinski definition) is 3. The summed E-state index contributed by atoms with van der Waals surface area (Å²) < 4.78 is 0. The molecule has 5 rings (SSSR count). The first-order valence-corrected chi connectivity index (χ1v) is 10.1. The van der Waals surface area contributed by atoms with E-state index in [4.69, 9.17) is 0 Å². The number of phenolic OH excluding ortho intramolecular Hbond substituents is 1. The van der Waals surface area contributed by atoms with Crippen molar-refractivity contribution in [3.05, 3.63) is 77.7 Å². The Morgan fingerprint density at radius 1 is 1.11 bits per heavy atom. The van der Waals surface area contributed by atoms with Gasteiger partial charge in [-0.2, -0.15) is 0 Å². The van der Waals surface area contributed by atoms with E-state index in [0.29, 0.717) is 11.8 Å². The highest BCUT2D eigenvalue weighted by atomic mass is 16.3. The van der Waals surface area contributed by atoms with Crippen LogP contribution in [0.2, 0.25) is 0 Å². The van der Waals surface area contributed by atoms with Crippen LogP contribution in [0.4, 0.5) is 0 Å². The Morgan fingerprint density at radius 3 is 2.79 bits per heavy atom. The summed E-state index contributed by atoms with van der Waals surface area (Å²) in [5, 5.41) is 21.6. The highest BCUT2D eigenvalue weighted by Gasteiger charge is 2.38. The number of hydrogen-bond acceptors (Lipinski definition) is 3. The van der Waals surface area contributed by atoms with E-state index in [1.165, 1.54) is 22.2 Å². The van der Waals surface area contributed by atoms with Crippen molar-refractivity contribution in [1.82, 2.24) is 9.88 Å². The highest BCUT2D eigenvalue weighted by Crippen LogP contribution is 2.41. The Balaban J connectivity index is 1.43. The smallest absolute Gasteiger partial charge is 0.115 e. The lowest BCUT2D eigenvalue weighted by Gasteiger charge is -2.44. The zero-order valence-corrected chi connectivity index (χ0v) is 15.9. The lowest BCUT2D eigenvalue weighted by atomic mass is 9.73. The third-order valence-corrected chi connectivity index (χ3v) is 6.62. The number of para-hydroxylation sites is 1. The van der Waals surface area contributed by atoms with Crippen molar-refractivity contribution >= 4 is 10.9 Å². The molecule has 0 amide bonds. The number of nitrogens with zero attached hydrogens (tertiary/aromatic N) is 1. The number of phenols is 1.